The number of rotatable bonds is 11. The Bertz CT molecular complexity index is 760. The van der Waals surface area contributed by atoms with E-state index in [0.717, 1.165) is 25.0 Å². The summed E-state index contributed by atoms with van der Waals surface area (Å²) >= 11 is 0. The van der Waals surface area contributed by atoms with Crippen LogP contribution in [0.5, 0.6) is 5.75 Å². The number of nitro groups is 1. The fourth-order valence-electron chi connectivity index (χ4n) is 2.41. The van der Waals surface area contributed by atoms with Gasteiger partial charge in [-0.05, 0) is 63.4 Å². The van der Waals surface area contributed by atoms with Crippen molar-refractivity contribution >= 4 is 17.5 Å². The summed E-state index contributed by atoms with van der Waals surface area (Å²) in [6.07, 6.45) is 3.83. The lowest BCUT2D eigenvalue weighted by Crippen LogP contribution is -2.08. The fourth-order valence-corrected chi connectivity index (χ4v) is 2.41. The zero-order valence-electron chi connectivity index (χ0n) is 16.1. The minimum absolute atomic E-state index is 0.0329. The largest absolute Gasteiger partial charge is 0.491 e. The molecule has 0 unspecified atom stereocenters. The van der Waals surface area contributed by atoms with Crippen molar-refractivity contribution in [2.45, 2.75) is 39.2 Å². The van der Waals surface area contributed by atoms with Gasteiger partial charge in [0.1, 0.15) is 17.8 Å². The Kier molecular flexibility index (Phi) is 8.20. The molecule has 0 radical (unpaired) electrons. The molecule has 0 saturated heterocycles. The molecular formula is C20H25N3O5. The molecule has 0 bridgehead atoms. The summed E-state index contributed by atoms with van der Waals surface area (Å²) < 4.78 is 10.8. The Balaban J connectivity index is 1.58. The molecule has 0 aliphatic carbocycles. The lowest BCUT2D eigenvalue weighted by atomic mass is 10.2. The van der Waals surface area contributed by atoms with E-state index in [1.165, 1.54) is 12.3 Å². The number of ether oxygens (including phenoxy) is 2. The molecule has 8 heteroatoms. The number of hydrogen-bond donors (Lipinski definition) is 1. The van der Waals surface area contributed by atoms with Crippen LogP contribution in [0.4, 0.5) is 11.5 Å². The summed E-state index contributed by atoms with van der Waals surface area (Å²) in [6.45, 7) is 4.94. The Hall–Kier alpha value is -3.16. The van der Waals surface area contributed by atoms with Crippen molar-refractivity contribution in [3.05, 3.63) is 58.3 Å². The van der Waals surface area contributed by atoms with E-state index in [4.69, 9.17) is 9.47 Å². The fraction of sp³-hybridized carbons (Fsp3) is 0.400. The zero-order chi connectivity index (χ0) is 20.4. The van der Waals surface area contributed by atoms with Crippen LogP contribution >= 0.6 is 0 Å². The molecule has 0 saturated carbocycles. The van der Waals surface area contributed by atoms with Crippen LogP contribution in [0.15, 0.2) is 42.6 Å². The molecule has 1 aromatic carbocycles. The number of nitrogens with one attached hydrogen (secondary N) is 1. The summed E-state index contributed by atoms with van der Waals surface area (Å²) in [4.78, 5) is 26.1. The molecule has 0 atom stereocenters. The minimum atomic E-state index is -0.480. The molecule has 0 aliphatic heterocycles. The first-order chi connectivity index (χ1) is 13.5. The highest BCUT2D eigenvalue weighted by atomic mass is 16.6. The van der Waals surface area contributed by atoms with Gasteiger partial charge in [-0.1, -0.05) is 0 Å². The molecule has 0 fully saturated rings. The molecule has 1 N–H and O–H groups in total. The van der Waals surface area contributed by atoms with E-state index in [2.05, 4.69) is 10.3 Å². The molecule has 2 aromatic rings. The van der Waals surface area contributed by atoms with Gasteiger partial charge >= 0.3 is 5.97 Å². The Labute approximate surface area is 164 Å². The molecule has 8 nitrogen and oxygen atoms in total. The van der Waals surface area contributed by atoms with E-state index in [-0.39, 0.29) is 17.8 Å². The van der Waals surface area contributed by atoms with Gasteiger partial charge in [-0.25, -0.2) is 9.78 Å². The number of unbranched alkanes of at least 4 members (excludes halogenated alkanes) is 2. The normalized spacial score (nSPS) is 10.5. The van der Waals surface area contributed by atoms with E-state index in [0.29, 0.717) is 24.5 Å². The van der Waals surface area contributed by atoms with Crippen LogP contribution in [0.1, 0.15) is 43.5 Å². The van der Waals surface area contributed by atoms with Crippen LogP contribution in [-0.2, 0) is 4.74 Å². The quantitative estimate of drug-likeness (QED) is 0.266. The molecule has 2 rings (SSSR count). The van der Waals surface area contributed by atoms with Crippen molar-refractivity contribution in [2.75, 3.05) is 18.5 Å². The van der Waals surface area contributed by atoms with Crippen molar-refractivity contribution in [3.63, 3.8) is 0 Å². The topological polar surface area (TPSA) is 104 Å². The van der Waals surface area contributed by atoms with Gasteiger partial charge in [0.25, 0.3) is 5.69 Å². The summed E-state index contributed by atoms with van der Waals surface area (Å²) in [7, 11) is 0. The van der Waals surface area contributed by atoms with Crippen molar-refractivity contribution in [3.8, 4) is 5.75 Å². The SMILES string of the molecule is CC(C)Oc1ccc(C(=O)OCCCCCNc2ccc([N+](=O)[O-])cn2)cc1. The first-order valence-electron chi connectivity index (χ1n) is 9.24. The maximum atomic E-state index is 12.0. The highest BCUT2D eigenvalue weighted by Crippen LogP contribution is 2.15. The third-order valence-corrected chi connectivity index (χ3v) is 3.78. The maximum Gasteiger partial charge on any atom is 0.338 e. The number of benzene rings is 1. The summed E-state index contributed by atoms with van der Waals surface area (Å²) in [5.74, 6) is 0.979. The lowest BCUT2D eigenvalue weighted by molar-refractivity contribution is -0.385. The van der Waals surface area contributed by atoms with Crippen LogP contribution in [-0.4, -0.2) is 35.1 Å². The van der Waals surface area contributed by atoms with E-state index in [1.54, 1.807) is 30.3 Å². The third kappa shape index (κ3) is 7.22. The van der Waals surface area contributed by atoms with Crippen LogP contribution < -0.4 is 10.1 Å². The number of esters is 1. The first kappa shape index (κ1) is 21.1. The number of anilines is 1. The molecule has 1 heterocycles. The second-order valence-corrected chi connectivity index (χ2v) is 6.47. The molecule has 0 amide bonds. The van der Waals surface area contributed by atoms with Crippen LogP contribution in [0.3, 0.4) is 0 Å². The molecule has 28 heavy (non-hydrogen) atoms. The van der Waals surface area contributed by atoms with E-state index in [1.807, 2.05) is 13.8 Å². The molecule has 0 spiro atoms. The van der Waals surface area contributed by atoms with Crippen molar-refractivity contribution in [1.82, 2.24) is 4.98 Å². The van der Waals surface area contributed by atoms with E-state index < -0.39 is 4.92 Å². The number of carbonyl (C=O) groups is 1. The van der Waals surface area contributed by atoms with Gasteiger partial charge in [-0.3, -0.25) is 10.1 Å². The number of carbonyl (C=O) groups excluding carboxylic acids is 1. The predicted octanol–water partition coefficient (Wildman–Crippen LogP) is 4.22. The Morgan fingerprint density at radius 1 is 1.14 bits per heavy atom. The second kappa shape index (κ2) is 10.9. The van der Waals surface area contributed by atoms with E-state index >= 15 is 0 Å². The number of hydrogen-bond acceptors (Lipinski definition) is 7. The zero-order valence-corrected chi connectivity index (χ0v) is 16.1. The van der Waals surface area contributed by atoms with Crippen molar-refractivity contribution in [1.29, 1.82) is 0 Å². The molecule has 0 aliphatic rings. The minimum Gasteiger partial charge on any atom is -0.491 e. The molecule has 150 valence electrons. The van der Waals surface area contributed by atoms with Crippen LogP contribution in [0.25, 0.3) is 0 Å². The molecular weight excluding hydrogens is 362 g/mol. The van der Waals surface area contributed by atoms with Gasteiger partial charge in [0.2, 0.25) is 0 Å². The predicted molar refractivity (Wildman–Crippen MR) is 106 cm³/mol. The van der Waals surface area contributed by atoms with Gasteiger partial charge in [0, 0.05) is 12.6 Å². The maximum absolute atomic E-state index is 12.0. The van der Waals surface area contributed by atoms with Crippen molar-refractivity contribution < 1.29 is 19.2 Å². The Morgan fingerprint density at radius 3 is 2.50 bits per heavy atom. The van der Waals surface area contributed by atoms with Crippen molar-refractivity contribution in [2.24, 2.45) is 0 Å². The number of nitrogens with zero attached hydrogens (tertiary/aromatic N) is 2. The third-order valence-electron chi connectivity index (χ3n) is 3.78. The van der Waals surface area contributed by atoms with Gasteiger partial charge in [-0.15, -0.1) is 0 Å². The second-order valence-electron chi connectivity index (χ2n) is 6.47. The standard InChI is InChI=1S/C20H25N3O5/c1-15(2)28-18-9-6-16(7-10-18)20(24)27-13-5-3-4-12-21-19-11-8-17(14-22-19)23(25)26/h6-11,14-15H,3-5,12-13H2,1-2H3,(H,21,22). The van der Waals surface area contributed by atoms with Gasteiger partial charge in [0.05, 0.1) is 23.2 Å². The summed E-state index contributed by atoms with van der Waals surface area (Å²) in [5, 5.41) is 13.7. The summed E-state index contributed by atoms with van der Waals surface area (Å²) in [6, 6.07) is 9.90. The highest BCUT2D eigenvalue weighted by molar-refractivity contribution is 5.89. The van der Waals surface area contributed by atoms with Gasteiger partial charge in [-0.2, -0.15) is 0 Å². The first-order valence-corrected chi connectivity index (χ1v) is 9.24. The highest BCUT2D eigenvalue weighted by Gasteiger charge is 2.08. The van der Waals surface area contributed by atoms with Crippen LogP contribution in [0.2, 0.25) is 0 Å². The molecule has 1 aromatic heterocycles. The monoisotopic (exact) mass is 387 g/mol. The lowest BCUT2D eigenvalue weighted by Gasteiger charge is -2.10. The Morgan fingerprint density at radius 2 is 1.89 bits per heavy atom. The van der Waals surface area contributed by atoms with E-state index in [9.17, 15) is 14.9 Å². The smallest absolute Gasteiger partial charge is 0.338 e. The van der Waals surface area contributed by atoms with Gasteiger partial charge < -0.3 is 14.8 Å². The average molecular weight is 387 g/mol. The number of aromatic nitrogens is 1. The summed E-state index contributed by atoms with van der Waals surface area (Å²) in [5.41, 5.74) is 0.469. The number of pyridine rings is 1. The van der Waals surface area contributed by atoms with Crippen LogP contribution in [0, 0.1) is 10.1 Å². The average Bonchev–Trinajstić information content (AvgIpc) is 2.67. The van der Waals surface area contributed by atoms with Gasteiger partial charge in [0.15, 0.2) is 0 Å².